The van der Waals surface area contributed by atoms with Crippen molar-refractivity contribution >= 4 is 49.0 Å². The molecule has 0 spiro atoms. The molecule has 8 aromatic carbocycles. The van der Waals surface area contributed by atoms with Crippen LogP contribution in [0, 0.1) is 29.2 Å². The van der Waals surface area contributed by atoms with E-state index in [-0.39, 0.29) is 0 Å². The highest BCUT2D eigenvalue weighted by molar-refractivity contribution is 6.23. The second-order valence-corrected chi connectivity index (χ2v) is 12.5. The van der Waals surface area contributed by atoms with Crippen LogP contribution in [0.5, 0.6) is 0 Å². The van der Waals surface area contributed by atoms with Crippen molar-refractivity contribution in [2.45, 2.75) is 0 Å². The van der Waals surface area contributed by atoms with Crippen molar-refractivity contribution in [2.24, 2.45) is 0 Å². The van der Waals surface area contributed by atoms with Crippen molar-refractivity contribution in [3.63, 3.8) is 0 Å². The Morgan fingerprint density at radius 2 is 1.08 bits per heavy atom. The van der Waals surface area contributed by atoms with Crippen molar-refractivity contribution in [2.75, 3.05) is 0 Å². The summed E-state index contributed by atoms with van der Waals surface area (Å²) in [6.07, 6.45) is 0. The molecule has 4 heteroatoms. The summed E-state index contributed by atoms with van der Waals surface area (Å²) in [5, 5.41) is 26.9. The molecule has 0 aliphatic rings. The van der Waals surface area contributed by atoms with Crippen LogP contribution < -0.4 is 0 Å². The Hall–Kier alpha value is -7.45. The first-order chi connectivity index (χ1) is 25.2. The van der Waals surface area contributed by atoms with E-state index in [1.807, 2.05) is 66.7 Å². The zero-order chi connectivity index (χ0) is 34.5. The van der Waals surface area contributed by atoms with Crippen LogP contribution in [0.4, 0.5) is 5.69 Å². The molecule has 51 heavy (non-hydrogen) atoms. The van der Waals surface area contributed by atoms with E-state index in [9.17, 15) is 10.5 Å². The zero-order valence-corrected chi connectivity index (χ0v) is 27.3. The Kier molecular flexibility index (Phi) is 6.93. The lowest BCUT2D eigenvalue weighted by atomic mass is 9.82. The van der Waals surface area contributed by atoms with Crippen molar-refractivity contribution in [3.8, 4) is 51.2 Å². The van der Waals surface area contributed by atoms with Gasteiger partial charge in [-0.25, -0.2) is 4.85 Å². The van der Waals surface area contributed by atoms with E-state index in [4.69, 9.17) is 6.57 Å². The molecule has 0 atom stereocenters. The van der Waals surface area contributed by atoms with E-state index < -0.39 is 0 Å². The average molecular weight is 647 g/mol. The molecule has 9 rings (SSSR count). The lowest BCUT2D eigenvalue weighted by Gasteiger charge is -2.22. The molecular formula is C47H26N4. The Bertz CT molecular complexity index is 2940. The summed E-state index contributed by atoms with van der Waals surface area (Å²) < 4.78 is 2.17. The molecule has 0 aliphatic carbocycles. The third-order valence-electron chi connectivity index (χ3n) is 9.88. The molecule has 0 unspecified atom stereocenters. The molecule has 0 aliphatic heterocycles. The fraction of sp³-hybridized carbons (Fsp3) is 0. The van der Waals surface area contributed by atoms with E-state index in [0.29, 0.717) is 27.9 Å². The maximum atomic E-state index is 10.8. The third-order valence-corrected chi connectivity index (χ3v) is 9.88. The second-order valence-electron chi connectivity index (χ2n) is 12.5. The molecular weight excluding hydrogens is 621 g/mol. The van der Waals surface area contributed by atoms with Gasteiger partial charge in [-0.2, -0.15) is 10.5 Å². The third kappa shape index (κ3) is 4.51. The largest absolute Gasteiger partial charge is 0.310 e. The van der Waals surface area contributed by atoms with Gasteiger partial charge in [0.15, 0.2) is 5.69 Å². The highest BCUT2D eigenvalue weighted by atomic mass is 15.0. The van der Waals surface area contributed by atoms with E-state index in [1.54, 1.807) is 0 Å². The van der Waals surface area contributed by atoms with Gasteiger partial charge in [0.2, 0.25) is 0 Å². The lowest BCUT2D eigenvalue weighted by Crippen LogP contribution is -2.01. The number of nitrogens with zero attached hydrogens (tertiary/aromatic N) is 4. The van der Waals surface area contributed by atoms with E-state index >= 15 is 0 Å². The first-order valence-corrected chi connectivity index (χ1v) is 16.7. The van der Waals surface area contributed by atoms with Crippen LogP contribution >= 0.6 is 0 Å². The second kappa shape index (κ2) is 11.9. The van der Waals surface area contributed by atoms with Crippen LogP contribution in [0.25, 0.3) is 87.3 Å². The topological polar surface area (TPSA) is 56.9 Å². The highest BCUT2D eigenvalue weighted by Gasteiger charge is 2.25. The minimum absolute atomic E-state index is 0.450. The summed E-state index contributed by atoms with van der Waals surface area (Å²) in [4.78, 5) is 4.08. The monoisotopic (exact) mass is 646 g/mol. The number of rotatable bonds is 4. The van der Waals surface area contributed by atoms with Gasteiger partial charge in [-0.1, -0.05) is 121 Å². The van der Waals surface area contributed by atoms with Gasteiger partial charge in [0.25, 0.3) is 0 Å². The van der Waals surface area contributed by atoms with Gasteiger partial charge in [-0.3, -0.25) is 0 Å². The van der Waals surface area contributed by atoms with Crippen molar-refractivity contribution < 1.29 is 0 Å². The number of aromatic nitrogens is 1. The van der Waals surface area contributed by atoms with Crippen LogP contribution in [-0.2, 0) is 0 Å². The molecule has 1 aromatic heterocycles. The Labute approximate surface area is 294 Å². The van der Waals surface area contributed by atoms with Crippen LogP contribution in [0.2, 0.25) is 0 Å². The maximum absolute atomic E-state index is 10.8. The number of para-hydroxylation sites is 1. The molecule has 234 valence electrons. The minimum atomic E-state index is 0.450. The van der Waals surface area contributed by atoms with Crippen molar-refractivity contribution in [1.29, 1.82) is 10.5 Å². The van der Waals surface area contributed by atoms with Crippen LogP contribution in [0.15, 0.2) is 158 Å². The van der Waals surface area contributed by atoms with Gasteiger partial charge in [0, 0.05) is 22.0 Å². The lowest BCUT2D eigenvalue weighted by molar-refractivity contribution is 1.18. The van der Waals surface area contributed by atoms with Crippen LogP contribution in [-0.4, -0.2) is 4.57 Å². The van der Waals surface area contributed by atoms with E-state index in [2.05, 4.69) is 113 Å². The van der Waals surface area contributed by atoms with Gasteiger partial charge < -0.3 is 4.57 Å². The summed E-state index contributed by atoms with van der Waals surface area (Å²) in [7, 11) is 0. The summed E-state index contributed by atoms with van der Waals surface area (Å²) in [5.74, 6) is 0. The molecule has 0 fully saturated rings. The Morgan fingerprint density at radius 1 is 0.471 bits per heavy atom. The quantitative estimate of drug-likeness (QED) is 0.141. The summed E-state index contributed by atoms with van der Waals surface area (Å²) in [6, 6.07) is 57.7. The van der Waals surface area contributed by atoms with Gasteiger partial charge in [-0.15, -0.1) is 0 Å². The number of hydrogen-bond donors (Lipinski definition) is 0. The summed E-state index contributed by atoms with van der Waals surface area (Å²) in [5.41, 5.74) is 9.75. The van der Waals surface area contributed by atoms with Crippen molar-refractivity contribution in [1.82, 2.24) is 4.57 Å². The standard InChI is InChI=1S/C47H26N4/c1-50-40-22-12-24-43(51-41-23-10-9-16-33(41)39-27-30(28-48)25-26-42(39)51)47(40)45-32(29-49)15-11-21-38(45)46-36-19-7-5-17-34(36)44(31-13-3-2-4-14-31)35-18-6-8-20-37(35)46/h2-27H. The molecule has 1 heterocycles. The predicted molar refractivity (Wildman–Crippen MR) is 208 cm³/mol. The van der Waals surface area contributed by atoms with Crippen molar-refractivity contribution in [3.05, 3.63) is 180 Å². The molecule has 9 aromatic rings. The number of fused-ring (bicyclic) bond motifs is 5. The van der Waals surface area contributed by atoms with E-state index in [0.717, 1.165) is 71.3 Å². The molecule has 0 bridgehead atoms. The van der Waals surface area contributed by atoms with Crippen LogP contribution in [0.1, 0.15) is 11.1 Å². The summed E-state index contributed by atoms with van der Waals surface area (Å²) in [6.45, 7) is 8.42. The number of hydrogen-bond acceptors (Lipinski definition) is 2. The highest BCUT2D eigenvalue weighted by Crippen LogP contribution is 2.50. The molecule has 0 saturated heterocycles. The predicted octanol–water partition coefficient (Wildman–Crippen LogP) is 12.4. The zero-order valence-electron chi connectivity index (χ0n) is 27.3. The van der Waals surface area contributed by atoms with Gasteiger partial charge in [0.05, 0.1) is 40.9 Å². The minimum Gasteiger partial charge on any atom is -0.310 e. The Balaban J connectivity index is 1.45. The van der Waals surface area contributed by atoms with Gasteiger partial charge >= 0.3 is 0 Å². The fourth-order valence-electron chi connectivity index (χ4n) is 7.82. The molecule has 0 N–H and O–H groups in total. The average Bonchev–Trinajstić information content (AvgIpc) is 3.53. The molecule has 0 amide bonds. The number of nitriles is 2. The van der Waals surface area contributed by atoms with Gasteiger partial charge in [0.1, 0.15) is 0 Å². The number of benzene rings is 8. The smallest absolute Gasteiger partial charge is 0.197 e. The summed E-state index contributed by atoms with van der Waals surface area (Å²) >= 11 is 0. The normalized spacial score (nSPS) is 11.1. The SMILES string of the molecule is [C-]#[N+]c1cccc(-n2c3ccccc3c3cc(C#N)ccc32)c1-c1c(C#N)cccc1-c1c2ccccc2c(-c2ccccc2)c2ccccc12. The Morgan fingerprint density at radius 3 is 1.75 bits per heavy atom. The molecule has 0 radical (unpaired) electrons. The van der Waals surface area contributed by atoms with Gasteiger partial charge in [-0.05, 0) is 85.8 Å². The first-order valence-electron chi connectivity index (χ1n) is 16.7. The fourth-order valence-corrected chi connectivity index (χ4v) is 7.82. The molecule has 4 nitrogen and oxygen atoms in total. The van der Waals surface area contributed by atoms with Crippen LogP contribution in [0.3, 0.4) is 0 Å². The molecule has 0 saturated carbocycles. The van der Waals surface area contributed by atoms with E-state index in [1.165, 1.54) is 0 Å². The maximum Gasteiger partial charge on any atom is 0.197 e. The first kappa shape index (κ1) is 29.7.